The van der Waals surface area contributed by atoms with Crippen LogP contribution in [0.15, 0.2) is 36.5 Å². The molecule has 1 aliphatic rings. The van der Waals surface area contributed by atoms with E-state index < -0.39 is 0 Å². The van der Waals surface area contributed by atoms with Crippen LogP contribution < -0.4 is 10.2 Å². The highest BCUT2D eigenvalue weighted by molar-refractivity contribution is 6.35. The second-order valence-electron chi connectivity index (χ2n) is 7.73. The number of nitrogens with zero attached hydrogens (tertiary/aromatic N) is 4. The van der Waals surface area contributed by atoms with Crippen molar-refractivity contribution < 1.29 is 9.53 Å². The van der Waals surface area contributed by atoms with Gasteiger partial charge in [-0.2, -0.15) is 5.10 Å². The first-order valence-corrected chi connectivity index (χ1v) is 11.2. The summed E-state index contributed by atoms with van der Waals surface area (Å²) in [5.41, 5.74) is 4.29. The Morgan fingerprint density at radius 1 is 1.16 bits per heavy atom. The van der Waals surface area contributed by atoms with Crippen molar-refractivity contribution in [1.29, 1.82) is 0 Å². The van der Waals surface area contributed by atoms with Crippen LogP contribution in [0.3, 0.4) is 0 Å². The number of benzene rings is 1. The average Bonchev–Trinajstić information content (AvgIpc) is 3.06. The van der Waals surface area contributed by atoms with Crippen LogP contribution >= 0.6 is 23.2 Å². The van der Waals surface area contributed by atoms with Crippen LogP contribution in [0, 0.1) is 13.8 Å². The van der Waals surface area contributed by atoms with Gasteiger partial charge in [-0.15, -0.1) is 0 Å². The zero-order valence-corrected chi connectivity index (χ0v) is 19.6. The first-order valence-electron chi connectivity index (χ1n) is 10.5. The van der Waals surface area contributed by atoms with Crippen molar-refractivity contribution in [3.8, 4) is 5.69 Å². The highest BCUT2D eigenvalue weighted by Gasteiger charge is 2.18. The second-order valence-corrected chi connectivity index (χ2v) is 8.58. The fraction of sp³-hybridized carbons (Fsp3) is 0.348. The molecular weight excluding hydrogens is 449 g/mol. The zero-order valence-electron chi connectivity index (χ0n) is 18.1. The minimum Gasteiger partial charge on any atom is -0.378 e. The van der Waals surface area contributed by atoms with Crippen molar-refractivity contribution in [2.75, 3.05) is 31.2 Å². The number of halogens is 2. The number of rotatable bonds is 6. The third-order valence-electron chi connectivity index (χ3n) is 5.55. The Hall–Kier alpha value is -2.61. The van der Waals surface area contributed by atoms with Crippen LogP contribution in [-0.4, -0.2) is 47.0 Å². The van der Waals surface area contributed by atoms with Crippen molar-refractivity contribution >= 4 is 34.9 Å². The molecule has 1 aliphatic heterocycles. The molecule has 0 atom stereocenters. The smallest absolute Gasteiger partial charge is 0.224 e. The molecule has 7 nitrogen and oxygen atoms in total. The van der Waals surface area contributed by atoms with E-state index >= 15 is 0 Å². The third kappa shape index (κ3) is 5.06. The number of carbonyl (C=O) groups is 1. The lowest BCUT2D eigenvalue weighted by Gasteiger charge is -2.28. The Balaban J connectivity index is 1.42. The Morgan fingerprint density at radius 2 is 1.94 bits per heavy atom. The van der Waals surface area contributed by atoms with Gasteiger partial charge in [-0.3, -0.25) is 4.79 Å². The number of ether oxygens (including phenoxy) is 1. The first-order chi connectivity index (χ1) is 15.4. The fourth-order valence-electron chi connectivity index (χ4n) is 3.78. The monoisotopic (exact) mass is 473 g/mol. The summed E-state index contributed by atoms with van der Waals surface area (Å²) in [4.78, 5) is 19.3. The number of hydrogen-bond donors (Lipinski definition) is 1. The van der Waals surface area contributed by atoms with Gasteiger partial charge >= 0.3 is 0 Å². The van der Waals surface area contributed by atoms with Gasteiger partial charge in [0.25, 0.3) is 0 Å². The van der Waals surface area contributed by atoms with Crippen LogP contribution in [0.2, 0.25) is 10.0 Å². The molecule has 1 saturated heterocycles. The molecule has 0 unspecified atom stereocenters. The maximum atomic E-state index is 12.7. The number of hydrogen-bond acceptors (Lipinski definition) is 5. The number of carbonyl (C=O) groups excluding carboxylic acids is 1. The summed E-state index contributed by atoms with van der Waals surface area (Å²) in [6.07, 6.45) is 2.02. The van der Waals surface area contributed by atoms with E-state index in [1.165, 1.54) is 0 Å². The molecule has 0 radical (unpaired) electrons. The van der Waals surface area contributed by atoms with E-state index in [1.54, 1.807) is 23.0 Å². The lowest BCUT2D eigenvalue weighted by molar-refractivity contribution is -0.120. The van der Waals surface area contributed by atoms with Gasteiger partial charge in [0.2, 0.25) is 5.91 Å². The molecule has 0 bridgehead atoms. The molecule has 0 saturated carbocycles. The van der Waals surface area contributed by atoms with E-state index in [9.17, 15) is 4.79 Å². The number of nitrogens with one attached hydrogen (secondary N) is 1. The van der Waals surface area contributed by atoms with Gasteiger partial charge < -0.3 is 15.0 Å². The largest absolute Gasteiger partial charge is 0.378 e. The Labute approximate surface area is 197 Å². The van der Waals surface area contributed by atoms with E-state index in [0.29, 0.717) is 29.8 Å². The molecule has 0 spiro atoms. The van der Waals surface area contributed by atoms with Crippen LogP contribution in [0.25, 0.3) is 5.69 Å². The van der Waals surface area contributed by atoms with E-state index in [1.807, 2.05) is 32.0 Å². The third-order valence-corrected chi connectivity index (χ3v) is 6.09. The van der Waals surface area contributed by atoms with Gasteiger partial charge in [0.15, 0.2) is 0 Å². The number of pyridine rings is 1. The summed E-state index contributed by atoms with van der Waals surface area (Å²) in [6, 6.07) is 9.21. The molecule has 3 aromatic rings. The highest BCUT2D eigenvalue weighted by atomic mass is 35.5. The predicted octanol–water partition coefficient (Wildman–Crippen LogP) is 3.89. The van der Waals surface area contributed by atoms with Crippen molar-refractivity contribution in [3.05, 3.63) is 69.1 Å². The normalized spacial score (nSPS) is 13.9. The standard InChI is InChI=1S/C23H25Cl2N5O2/c1-15-19(16(2)30(28-15)21-4-3-18(24)12-20(21)25)13-23(31)27-14-17-5-6-26-22(11-17)29-7-9-32-10-8-29/h3-6,11-12H,7-10,13-14H2,1-2H3,(H,27,31). The lowest BCUT2D eigenvalue weighted by atomic mass is 10.1. The molecule has 0 aliphatic carbocycles. The van der Waals surface area contributed by atoms with Crippen LogP contribution in [-0.2, 0) is 22.5 Å². The predicted molar refractivity (Wildman–Crippen MR) is 126 cm³/mol. The fourth-order valence-corrected chi connectivity index (χ4v) is 4.27. The van der Waals surface area contributed by atoms with E-state index in [4.69, 9.17) is 27.9 Å². The Morgan fingerprint density at radius 3 is 2.69 bits per heavy atom. The summed E-state index contributed by atoms with van der Waals surface area (Å²) in [5.74, 6) is 0.843. The van der Waals surface area contributed by atoms with E-state index in [-0.39, 0.29) is 12.3 Å². The highest BCUT2D eigenvalue weighted by Crippen LogP contribution is 2.27. The van der Waals surface area contributed by atoms with Gasteiger partial charge in [-0.1, -0.05) is 23.2 Å². The summed E-state index contributed by atoms with van der Waals surface area (Å²) >= 11 is 12.4. The average molecular weight is 474 g/mol. The molecule has 168 valence electrons. The zero-order chi connectivity index (χ0) is 22.7. The SMILES string of the molecule is Cc1nn(-c2ccc(Cl)cc2Cl)c(C)c1CC(=O)NCc1ccnc(N2CCOCC2)c1. The molecule has 2 aromatic heterocycles. The Kier molecular flexibility index (Phi) is 6.98. The summed E-state index contributed by atoms with van der Waals surface area (Å²) < 4.78 is 7.16. The van der Waals surface area contributed by atoms with Crippen LogP contribution in [0.4, 0.5) is 5.82 Å². The molecule has 4 rings (SSSR count). The minimum atomic E-state index is -0.0670. The molecule has 1 amide bonds. The molecule has 3 heterocycles. The second kappa shape index (κ2) is 9.90. The maximum Gasteiger partial charge on any atom is 0.224 e. The quantitative estimate of drug-likeness (QED) is 0.587. The van der Waals surface area contributed by atoms with E-state index in [2.05, 4.69) is 20.3 Å². The Bertz CT molecular complexity index is 1130. The molecule has 1 fully saturated rings. The van der Waals surface area contributed by atoms with Crippen LogP contribution in [0.5, 0.6) is 0 Å². The lowest BCUT2D eigenvalue weighted by Crippen LogP contribution is -2.36. The van der Waals surface area contributed by atoms with Gasteiger partial charge in [0, 0.05) is 42.1 Å². The molecular formula is C23H25Cl2N5O2. The van der Waals surface area contributed by atoms with Gasteiger partial charge in [-0.25, -0.2) is 9.67 Å². The molecule has 1 aromatic carbocycles. The number of morpholine rings is 1. The van der Waals surface area contributed by atoms with Crippen molar-refractivity contribution in [1.82, 2.24) is 20.1 Å². The number of anilines is 1. The number of amides is 1. The number of aryl methyl sites for hydroxylation is 1. The maximum absolute atomic E-state index is 12.7. The van der Waals surface area contributed by atoms with E-state index in [0.717, 1.165) is 47.1 Å². The van der Waals surface area contributed by atoms with Gasteiger partial charge in [0.1, 0.15) is 5.82 Å². The molecule has 9 heteroatoms. The molecule has 32 heavy (non-hydrogen) atoms. The van der Waals surface area contributed by atoms with Crippen molar-refractivity contribution in [2.24, 2.45) is 0 Å². The molecule has 1 N–H and O–H groups in total. The summed E-state index contributed by atoms with van der Waals surface area (Å²) in [5, 5.41) is 8.67. The minimum absolute atomic E-state index is 0.0670. The van der Waals surface area contributed by atoms with Crippen LogP contribution in [0.1, 0.15) is 22.5 Å². The summed E-state index contributed by atoms with van der Waals surface area (Å²) in [7, 11) is 0. The summed E-state index contributed by atoms with van der Waals surface area (Å²) in [6.45, 7) is 7.32. The van der Waals surface area contributed by atoms with Gasteiger partial charge in [-0.05, 0) is 49.7 Å². The van der Waals surface area contributed by atoms with Crippen molar-refractivity contribution in [2.45, 2.75) is 26.8 Å². The van der Waals surface area contributed by atoms with Gasteiger partial charge in [0.05, 0.1) is 36.0 Å². The topological polar surface area (TPSA) is 72.3 Å². The van der Waals surface area contributed by atoms with Crippen molar-refractivity contribution in [3.63, 3.8) is 0 Å². The first kappa shape index (κ1) is 22.6. The number of aromatic nitrogens is 3.